The summed E-state index contributed by atoms with van der Waals surface area (Å²) in [6.45, 7) is 26.7. The fraction of sp³-hybridized carbons (Fsp3) is 0.817. The summed E-state index contributed by atoms with van der Waals surface area (Å²) in [7, 11) is 9.73. The Balaban J connectivity index is 4.27. The SMILES string of the molecule is CC(C)CC[C@@H]1C(=O)N[C@H](C)C(=O)N[C@H](C)C(=O)N(C)[C@H](CC(C)C)C(=O)N(C)[C@H](CC(C)C)C(=O)N(C)[C@H](C(C)C)C(=O)N(C)[C@@H]([C@H](O)[C@H](C)CCO)C(=O)N[C@@H](C)C(=O)N(C)CC(=O)N(C)[C@@H](CC(C)C)C(=O)N[C@H](C(C)C)C(=O)N1C. The van der Waals surface area contributed by atoms with E-state index < -0.39 is 156 Å². The highest BCUT2D eigenvalue weighted by Crippen LogP contribution is 2.25. The number of nitrogens with one attached hydrogen (secondary N) is 4. The van der Waals surface area contributed by atoms with Crippen molar-refractivity contribution in [2.24, 2.45) is 41.4 Å². The van der Waals surface area contributed by atoms with Crippen LogP contribution >= 0.6 is 0 Å². The van der Waals surface area contributed by atoms with Crippen molar-refractivity contribution in [3.8, 4) is 0 Å². The van der Waals surface area contributed by atoms with Crippen molar-refractivity contribution in [1.29, 1.82) is 0 Å². The lowest BCUT2D eigenvalue weighted by Crippen LogP contribution is -2.63. The smallest absolute Gasteiger partial charge is 0.246 e. The first-order chi connectivity index (χ1) is 38.7. The van der Waals surface area contributed by atoms with Crippen LogP contribution in [0.3, 0.4) is 0 Å². The molecular formula is C60H109N11O13. The fourth-order valence-corrected chi connectivity index (χ4v) is 10.5. The van der Waals surface area contributed by atoms with Gasteiger partial charge in [-0.15, -0.1) is 0 Å². The van der Waals surface area contributed by atoms with Gasteiger partial charge in [0.2, 0.25) is 65.0 Å². The van der Waals surface area contributed by atoms with Gasteiger partial charge in [-0.3, -0.25) is 52.7 Å². The van der Waals surface area contributed by atoms with Gasteiger partial charge in [-0.1, -0.05) is 90.0 Å². The van der Waals surface area contributed by atoms with Crippen molar-refractivity contribution in [3.05, 3.63) is 0 Å². The van der Waals surface area contributed by atoms with Crippen LogP contribution in [-0.4, -0.2) is 238 Å². The minimum absolute atomic E-state index is 0.0210. The summed E-state index contributed by atoms with van der Waals surface area (Å²) >= 11 is 0. The van der Waals surface area contributed by atoms with Crippen LogP contribution in [0.25, 0.3) is 0 Å². The molecule has 0 aromatic heterocycles. The summed E-state index contributed by atoms with van der Waals surface area (Å²) in [6, 6.07) is -12.6. The Morgan fingerprint density at radius 3 is 1.30 bits per heavy atom. The van der Waals surface area contributed by atoms with E-state index in [4.69, 9.17) is 0 Å². The second-order valence-corrected chi connectivity index (χ2v) is 25.9. The van der Waals surface area contributed by atoms with Gasteiger partial charge in [0.05, 0.1) is 12.6 Å². The van der Waals surface area contributed by atoms with Crippen LogP contribution in [0.2, 0.25) is 0 Å². The van der Waals surface area contributed by atoms with Gasteiger partial charge in [-0.25, -0.2) is 0 Å². The van der Waals surface area contributed by atoms with Gasteiger partial charge in [-0.05, 0) is 101 Å². The van der Waals surface area contributed by atoms with Crippen molar-refractivity contribution in [3.63, 3.8) is 0 Å². The zero-order valence-electron chi connectivity index (χ0n) is 55.1. The molecule has 12 atom stereocenters. The van der Waals surface area contributed by atoms with Crippen molar-refractivity contribution in [2.45, 2.75) is 216 Å². The zero-order chi connectivity index (χ0) is 65.3. The predicted octanol–water partition coefficient (Wildman–Crippen LogP) is 1.69. The molecule has 0 saturated carbocycles. The molecule has 11 amide bonds. The molecule has 1 aliphatic heterocycles. The summed E-state index contributed by atoms with van der Waals surface area (Å²) in [6.07, 6.45) is -0.497. The topological polar surface area (TPSA) is 299 Å². The molecule has 0 spiro atoms. The van der Waals surface area contributed by atoms with Gasteiger partial charge in [-0.2, -0.15) is 0 Å². The van der Waals surface area contributed by atoms with Gasteiger partial charge in [0.1, 0.15) is 60.4 Å². The number of aliphatic hydroxyl groups excluding tert-OH is 2. The van der Waals surface area contributed by atoms with Gasteiger partial charge < -0.3 is 65.8 Å². The lowest BCUT2D eigenvalue weighted by atomic mass is 9.91. The summed E-state index contributed by atoms with van der Waals surface area (Å²) < 4.78 is 0. The molecule has 0 aromatic rings. The van der Waals surface area contributed by atoms with E-state index in [2.05, 4.69) is 21.3 Å². The first kappa shape index (κ1) is 76.1. The Bertz CT molecular complexity index is 2260. The minimum Gasteiger partial charge on any atom is -0.396 e. The number of carbonyl (C=O) groups excluding carboxylic acids is 11. The largest absolute Gasteiger partial charge is 0.396 e. The molecule has 1 saturated heterocycles. The molecule has 0 aromatic carbocycles. The standard InChI is InChI=1S/C60H109N11O13/c1-32(2)24-25-42-52(76)61-39(14)51(75)62-41(16)56(80)68(20)44(29-34(5)6)57(81)69(21)45(30-35(7)8)58(82)70(22)48(37(11)12)60(84)71(23)49(50(74)38(13)26-27-72)54(78)63-40(15)55(79)65(17)31-46(73)66(18)43(28-33(3)4)53(77)64-47(36(9)10)59(83)67(42)19/h32-45,47-50,72,74H,24-31H2,1-23H3,(H,61,76)(H,62,75)(H,63,78)(H,64,77)/t38-,39-,40+,41-,42-,43+,44-,45-,47-,48-,49+,50-/m1/s1. The molecule has 24 nitrogen and oxygen atoms in total. The summed E-state index contributed by atoms with van der Waals surface area (Å²) in [5.74, 6) is -10.0. The van der Waals surface area contributed by atoms with E-state index in [1.165, 1.54) is 94.6 Å². The maximum absolute atomic E-state index is 15.0. The Morgan fingerprint density at radius 2 is 0.833 bits per heavy atom. The van der Waals surface area contributed by atoms with Crippen molar-refractivity contribution >= 4 is 65.0 Å². The van der Waals surface area contributed by atoms with E-state index in [1.807, 2.05) is 55.4 Å². The summed E-state index contributed by atoms with van der Waals surface area (Å²) in [4.78, 5) is 167. The van der Waals surface area contributed by atoms with Crippen LogP contribution in [0.15, 0.2) is 0 Å². The number of hydrogen-bond acceptors (Lipinski definition) is 13. The third-order valence-corrected chi connectivity index (χ3v) is 15.9. The van der Waals surface area contributed by atoms with Crippen molar-refractivity contribution in [1.82, 2.24) is 55.6 Å². The molecule has 1 rings (SSSR count). The maximum atomic E-state index is 15.0. The zero-order valence-corrected chi connectivity index (χ0v) is 55.1. The molecular weight excluding hydrogens is 1080 g/mol. The lowest BCUT2D eigenvalue weighted by Gasteiger charge is -2.41. The quantitative estimate of drug-likeness (QED) is 0.136. The first-order valence-electron chi connectivity index (χ1n) is 30.0. The Labute approximate surface area is 501 Å². The van der Waals surface area contributed by atoms with Crippen LogP contribution in [-0.2, 0) is 52.7 Å². The second-order valence-electron chi connectivity index (χ2n) is 25.9. The number of rotatable bonds is 15. The Hall–Kier alpha value is -5.91. The number of nitrogens with zero attached hydrogens (tertiary/aromatic N) is 7. The van der Waals surface area contributed by atoms with Crippen LogP contribution in [0.4, 0.5) is 0 Å². The fourth-order valence-electron chi connectivity index (χ4n) is 10.5. The Kier molecular flexibility index (Phi) is 31.1. The minimum atomic E-state index is -1.69. The monoisotopic (exact) mass is 1190 g/mol. The predicted molar refractivity (Wildman–Crippen MR) is 321 cm³/mol. The summed E-state index contributed by atoms with van der Waals surface area (Å²) in [5.41, 5.74) is 0. The Morgan fingerprint density at radius 1 is 0.417 bits per heavy atom. The highest BCUT2D eigenvalue weighted by Gasteiger charge is 2.45. The van der Waals surface area contributed by atoms with E-state index in [0.29, 0.717) is 6.42 Å². The number of likely N-dealkylation sites (N-methyl/N-ethyl adjacent to an activating group) is 7. The number of amides is 11. The van der Waals surface area contributed by atoms with E-state index in [9.17, 15) is 58.2 Å². The molecule has 0 aliphatic carbocycles. The van der Waals surface area contributed by atoms with Gasteiger partial charge in [0, 0.05) is 55.9 Å². The molecule has 1 fully saturated rings. The van der Waals surface area contributed by atoms with Crippen molar-refractivity contribution < 1.29 is 63.0 Å². The number of hydrogen-bond donors (Lipinski definition) is 6. The molecule has 24 heteroatoms. The van der Waals surface area contributed by atoms with Crippen LogP contribution in [0, 0.1) is 41.4 Å². The molecule has 0 radical (unpaired) electrons. The summed E-state index contributed by atoms with van der Waals surface area (Å²) in [5, 5.41) is 32.6. The van der Waals surface area contributed by atoms with Gasteiger partial charge in [0.15, 0.2) is 0 Å². The van der Waals surface area contributed by atoms with Crippen molar-refractivity contribution in [2.75, 3.05) is 62.5 Å². The normalized spacial score (nSPS) is 27.0. The molecule has 6 N–H and O–H groups in total. The first-order valence-corrected chi connectivity index (χ1v) is 30.0. The van der Waals surface area contributed by atoms with E-state index in [1.54, 1.807) is 34.6 Å². The number of carbonyl (C=O) groups is 11. The third-order valence-electron chi connectivity index (χ3n) is 15.9. The van der Waals surface area contributed by atoms with Gasteiger partial charge in [0.25, 0.3) is 0 Å². The molecule has 1 heterocycles. The second kappa shape index (κ2) is 34.3. The number of aliphatic hydroxyl groups is 2. The van der Waals surface area contributed by atoms with Crippen LogP contribution in [0.1, 0.15) is 149 Å². The van der Waals surface area contributed by atoms with E-state index >= 15 is 4.79 Å². The molecule has 482 valence electrons. The van der Waals surface area contributed by atoms with Crippen LogP contribution in [0.5, 0.6) is 0 Å². The highest BCUT2D eigenvalue weighted by molar-refractivity contribution is 5.99. The molecule has 84 heavy (non-hydrogen) atoms. The third kappa shape index (κ3) is 21.3. The van der Waals surface area contributed by atoms with Crippen LogP contribution < -0.4 is 21.3 Å². The lowest BCUT2D eigenvalue weighted by molar-refractivity contribution is -0.157. The molecule has 0 unspecified atom stereocenters. The molecule has 1 aliphatic rings. The average molecular weight is 1190 g/mol. The van der Waals surface area contributed by atoms with Gasteiger partial charge >= 0.3 is 0 Å². The average Bonchev–Trinajstić information content (AvgIpc) is 3.40. The van der Waals surface area contributed by atoms with E-state index in [0.717, 1.165) is 9.80 Å². The molecule has 0 bridgehead atoms. The van der Waals surface area contributed by atoms with E-state index in [-0.39, 0.29) is 62.4 Å². The highest BCUT2D eigenvalue weighted by atomic mass is 16.3. The maximum Gasteiger partial charge on any atom is 0.246 e.